The molecule has 1 fully saturated rings. The van der Waals surface area contributed by atoms with Crippen molar-refractivity contribution < 1.29 is 0 Å². The van der Waals surface area contributed by atoms with Gasteiger partial charge >= 0.3 is 0 Å². The summed E-state index contributed by atoms with van der Waals surface area (Å²) in [6, 6.07) is 2.48. The molecule has 0 amide bonds. The third kappa shape index (κ3) is 3.32. The molecule has 7 nitrogen and oxygen atoms in total. The average Bonchev–Trinajstić information content (AvgIpc) is 3.07. The van der Waals surface area contributed by atoms with E-state index in [0.717, 1.165) is 41.2 Å². The summed E-state index contributed by atoms with van der Waals surface area (Å²) in [6.45, 7) is 4.24. The van der Waals surface area contributed by atoms with Crippen molar-refractivity contribution >= 4 is 16.9 Å². The Labute approximate surface area is 146 Å². The molecule has 3 aromatic rings. The summed E-state index contributed by atoms with van der Waals surface area (Å²) >= 11 is 0. The highest BCUT2D eigenvalue weighted by molar-refractivity contribution is 5.88. The van der Waals surface area contributed by atoms with Gasteiger partial charge in [0.2, 0.25) is 0 Å². The van der Waals surface area contributed by atoms with Crippen LogP contribution in [0.1, 0.15) is 19.8 Å². The number of aryl methyl sites for hydroxylation is 1. The fraction of sp³-hybridized carbons (Fsp3) is 0.444. The first-order chi connectivity index (χ1) is 12.2. The number of hydrogen-bond acceptors (Lipinski definition) is 6. The molecule has 2 N–H and O–H groups in total. The molecule has 25 heavy (non-hydrogen) atoms. The first-order valence-corrected chi connectivity index (χ1v) is 8.79. The number of fused-ring (bicyclic) bond motifs is 1. The van der Waals surface area contributed by atoms with Crippen molar-refractivity contribution in [2.75, 3.05) is 18.4 Å². The number of nitrogens with one attached hydrogen (secondary N) is 2. The molecule has 4 rings (SSSR count). The Bertz CT molecular complexity index is 873. The van der Waals surface area contributed by atoms with Gasteiger partial charge in [-0.1, -0.05) is 0 Å². The predicted molar refractivity (Wildman–Crippen MR) is 98.2 cm³/mol. The molecular weight excluding hydrogens is 314 g/mol. The number of nitrogens with zero attached hydrogens (tertiary/aromatic N) is 5. The highest BCUT2D eigenvalue weighted by Gasteiger charge is 2.21. The van der Waals surface area contributed by atoms with Crippen molar-refractivity contribution in [1.82, 2.24) is 30.0 Å². The zero-order chi connectivity index (χ0) is 17.2. The summed E-state index contributed by atoms with van der Waals surface area (Å²) in [5.41, 5.74) is 3.49. The maximum atomic E-state index is 4.81. The molecule has 0 aliphatic carbocycles. The lowest BCUT2D eigenvalue weighted by Gasteiger charge is -2.30. The quantitative estimate of drug-likeness (QED) is 0.760. The van der Waals surface area contributed by atoms with Gasteiger partial charge in [0.1, 0.15) is 5.52 Å². The van der Waals surface area contributed by atoms with Crippen LogP contribution in [-0.2, 0) is 7.05 Å². The van der Waals surface area contributed by atoms with Gasteiger partial charge < -0.3 is 10.6 Å². The van der Waals surface area contributed by atoms with Crippen LogP contribution in [0.5, 0.6) is 0 Å². The summed E-state index contributed by atoms with van der Waals surface area (Å²) in [7, 11) is 1.90. The second-order valence-corrected chi connectivity index (χ2v) is 6.71. The van der Waals surface area contributed by atoms with Crippen LogP contribution < -0.4 is 10.6 Å². The summed E-state index contributed by atoms with van der Waals surface area (Å²) in [5.74, 6) is 1.38. The van der Waals surface area contributed by atoms with Gasteiger partial charge in [-0.15, -0.1) is 0 Å². The lowest BCUT2D eigenvalue weighted by atomic mass is 9.92. The largest absolute Gasteiger partial charge is 0.368 e. The third-order valence-electron chi connectivity index (χ3n) is 4.91. The van der Waals surface area contributed by atoms with E-state index >= 15 is 0 Å². The van der Waals surface area contributed by atoms with Crippen LogP contribution in [0.3, 0.4) is 0 Å². The van der Waals surface area contributed by atoms with E-state index in [1.54, 1.807) is 17.1 Å². The van der Waals surface area contributed by atoms with Gasteiger partial charge in [0.15, 0.2) is 5.82 Å². The number of aromatic nitrogens is 5. The molecule has 130 valence electrons. The van der Waals surface area contributed by atoms with E-state index in [9.17, 15) is 0 Å². The number of pyridine rings is 1. The van der Waals surface area contributed by atoms with Gasteiger partial charge in [-0.3, -0.25) is 9.67 Å². The molecule has 2 atom stereocenters. The molecular formula is C18H23N7. The van der Waals surface area contributed by atoms with Gasteiger partial charge in [-0.25, -0.2) is 9.97 Å². The van der Waals surface area contributed by atoms with Gasteiger partial charge in [0.05, 0.1) is 17.4 Å². The highest BCUT2D eigenvalue weighted by atomic mass is 15.2. The Balaban J connectivity index is 1.66. The van der Waals surface area contributed by atoms with E-state index in [1.807, 2.05) is 25.5 Å². The summed E-state index contributed by atoms with van der Waals surface area (Å²) < 4.78 is 1.78. The number of rotatable bonds is 4. The average molecular weight is 337 g/mol. The SMILES string of the molecule is C[C@@H]1NCCCC1CNc1nc(-c2cnn(C)c2)cc2nccnc12. The molecule has 0 spiro atoms. The number of piperidine rings is 1. The molecule has 1 aliphatic rings. The molecule has 0 radical (unpaired) electrons. The Hall–Kier alpha value is -2.54. The van der Waals surface area contributed by atoms with E-state index in [-0.39, 0.29) is 0 Å². The van der Waals surface area contributed by atoms with Gasteiger partial charge in [0, 0.05) is 43.8 Å². The standard InChI is InChI=1S/C18H23N7/c1-12-13(4-3-5-19-12)9-22-18-17-16(20-6-7-21-17)8-15(24-18)14-10-23-25(2)11-14/h6-8,10-13,19H,3-5,9H2,1-2H3,(H,22,24)/t12-,13?/m0/s1. The van der Waals surface area contributed by atoms with E-state index in [2.05, 4.69) is 32.6 Å². The summed E-state index contributed by atoms with van der Waals surface area (Å²) in [6.07, 6.45) is 9.66. The summed E-state index contributed by atoms with van der Waals surface area (Å²) in [4.78, 5) is 13.7. The zero-order valence-electron chi connectivity index (χ0n) is 14.6. The molecule has 4 heterocycles. The minimum absolute atomic E-state index is 0.514. The number of hydrogen-bond donors (Lipinski definition) is 2. The Morgan fingerprint density at radius 2 is 2.20 bits per heavy atom. The first-order valence-electron chi connectivity index (χ1n) is 8.79. The van der Waals surface area contributed by atoms with E-state index in [1.165, 1.54) is 12.8 Å². The lowest BCUT2D eigenvalue weighted by Crippen LogP contribution is -2.41. The van der Waals surface area contributed by atoms with Crippen molar-refractivity contribution in [3.05, 3.63) is 30.9 Å². The zero-order valence-corrected chi connectivity index (χ0v) is 14.6. The fourth-order valence-corrected chi connectivity index (χ4v) is 3.41. The smallest absolute Gasteiger partial charge is 0.154 e. The van der Waals surface area contributed by atoms with Crippen LogP contribution in [0.25, 0.3) is 22.3 Å². The third-order valence-corrected chi connectivity index (χ3v) is 4.91. The van der Waals surface area contributed by atoms with Crippen LogP contribution in [0, 0.1) is 5.92 Å². The van der Waals surface area contributed by atoms with Gasteiger partial charge in [-0.2, -0.15) is 5.10 Å². The monoisotopic (exact) mass is 337 g/mol. The second kappa shape index (κ2) is 6.76. The Morgan fingerprint density at radius 1 is 1.32 bits per heavy atom. The molecule has 3 aromatic heterocycles. The number of anilines is 1. The minimum atomic E-state index is 0.514. The Kier molecular flexibility index (Phi) is 4.31. The topological polar surface area (TPSA) is 80.5 Å². The molecule has 0 saturated carbocycles. The first kappa shape index (κ1) is 16.0. The molecule has 7 heteroatoms. The van der Waals surface area contributed by atoms with Crippen LogP contribution in [0.15, 0.2) is 30.9 Å². The van der Waals surface area contributed by atoms with Crippen molar-refractivity contribution in [2.45, 2.75) is 25.8 Å². The predicted octanol–water partition coefficient (Wildman–Crippen LogP) is 2.23. The molecule has 1 aliphatic heterocycles. The molecule has 0 bridgehead atoms. The molecule has 1 saturated heterocycles. The van der Waals surface area contributed by atoms with Crippen molar-refractivity contribution in [1.29, 1.82) is 0 Å². The highest BCUT2D eigenvalue weighted by Crippen LogP contribution is 2.26. The van der Waals surface area contributed by atoms with Crippen LogP contribution in [-0.4, -0.2) is 43.9 Å². The van der Waals surface area contributed by atoms with Crippen molar-refractivity contribution in [3.63, 3.8) is 0 Å². The lowest BCUT2D eigenvalue weighted by molar-refractivity contribution is 0.309. The maximum Gasteiger partial charge on any atom is 0.154 e. The molecule has 0 aromatic carbocycles. The normalized spacial score (nSPS) is 20.7. The van der Waals surface area contributed by atoms with E-state index < -0.39 is 0 Å². The van der Waals surface area contributed by atoms with E-state index in [0.29, 0.717) is 12.0 Å². The van der Waals surface area contributed by atoms with Crippen molar-refractivity contribution in [2.24, 2.45) is 13.0 Å². The Morgan fingerprint density at radius 3 is 3.00 bits per heavy atom. The van der Waals surface area contributed by atoms with Crippen LogP contribution >= 0.6 is 0 Å². The van der Waals surface area contributed by atoms with E-state index in [4.69, 9.17) is 4.98 Å². The van der Waals surface area contributed by atoms with Gasteiger partial charge in [-0.05, 0) is 38.3 Å². The van der Waals surface area contributed by atoms with Crippen molar-refractivity contribution in [3.8, 4) is 11.3 Å². The minimum Gasteiger partial charge on any atom is -0.368 e. The fourth-order valence-electron chi connectivity index (χ4n) is 3.41. The summed E-state index contributed by atoms with van der Waals surface area (Å²) in [5, 5.41) is 11.3. The molecule has 1 unspecified atom stereocenters. The van der Waals surface area contributed by atoms with Crippen LogP contribution in [0.2, 0.25) is 0 Å². The maximum absolute atomic E-state index is 4.81. The second-order valence-electron chi connectivity index (χ2n) is 6.71. The van der Waals surface area contributed by atoms with Gasteiger partial charge in [0.25, 0.3) is 0 Å². The van der Waals surface area contributed by atoms with Crippen LogP contribution in [0.4, 0.5) is 5.82 Å².